The van der Waals surface area contributed by atoms with E-state index in [2.05, 4.69) is 6.92 Å². The quantitative estimate of drug-likeness (QED) is 0.263. The largest absolute Gasteiger partial charge is 0.481 e. The van der Waals surface area contributed by atoms with Crippen molar-refractivity contribution in [1.82, 2.24) is 0 Å². The maximum atomic E-state index is 10.1. The Kier molecular flexibility index (Phi) is 20.8. The summed E-state index contributed by atoms with van der Waals surface area (Å²) in [6.45, 7) is 2.17. The number of hydrogen-bond donors (Lipinski definition) is 4. The predicted molar refractivity (Wildman–Crippen MR) is 93.8 cm³/mol. The number of hydrogen-bond acceptors (Lipinski definition) is 4. The summed E-state index contributed by atoms with van der Waals surface area (Å²) >= 11 is 0. The fourth-order valence-corrected chi connectivity index (χ4v) is 2.19. The van der Waals surface area contributed by atoms with Crippen LogP contribution in [-0.2, 0) is 9.59 Å². The van der Waals surface area contributed by atoms with Crippen LogP contribution in [0.4, 0.5) is 0 Å². The van der Waals surface area contributed by atoms with E-state index in [4.69, 9.17) is 20.4 Å². The third kappa shape index (κ3) is 28.9. The molecule has 0 unspecified atom stereocenters. The highest BCUT2D eigenvalue weighted by Crippen LogP contribution is 2.08. The Labute approximate surface area is 145 Å². The summed E-state index contributed by atoms with van der Waals surface area (Å²) in [6, 6.07) is 0. The molecule has 0 fully saturated rings. The van der Waals surface area contributed by atoms with Gasteiger partial charge in [0.1, 0.15) is 0 Å². The molecule has 0 aromatic heterocycles. The molecule has 144 valence electrons. The third-order valence-electron chi connectivity index (χ3n) is 3.60. The molecule has 0 aliphatic carbocycles. The summed E-state index contributed by atoms with van der Waals surface area (Å²) in [7, 11) is 0. The molecule has 0 rings (SSSR count). The summed E-state index contributed by atoms with van der Waals surface area (Å²) in [6.07, 6.45) is 11.1. The van der Waals surface area contributed by atoms with Gasteiger partial charge in [0, 0.05) is 12.8 Å². The third-order valence-corrected chi connectivity index (χ3v) is 3.60. The van der Waals surface area contributed by atoms with Gasteiger partial charge in [-0.2, -0.15) is 0 Å². The Morgan fingerprint density at radius 1 is 0.667 bits per heavy atom. The summed E-state index contributed by atoms with van der Waals surface area (Å²) in [5.41, 5.74) is 0. The second-order valence-electron chi connectivity index (χ2n) is 6.09. The standard InChI is InChI=1S/C10H18O4.C8H18O2/c11-9(12)7-5-3-1-2-4-6-8-10(13)14;1-2-3-4-5-6-7-8(9)10/h1-8H2,(H,11,12)(H,13,14);8-10H,2-7H2,1H3. The number of unbranched alkanes of at least 4 members (excludes halogenated alkanes) is 9. The molecule has 0 saturated heterocycles. The van der Waals surface area contributed by atoms with Gasteiger partial charge in [-0.05, 0) is 25.7 Å². The van der Waals surface area contributed by atoms with E-state index in [1.165, 1.54) is 19.3 Å². The molecule has 0 amide bonds. The molecule has 0 spiro atoms. The average molecular weight is 348 g/mol. The van der Waals surface area contributed by atoms with Crippen LogP contribution in [0.2, 0.25) is 0 Å². The topological polar surface area (TPSA) is 115 Å². The van der Waals surface area contributed by atoms with Crippen LogP contribution in [0.15, 0.2) is 0 Å². The number of aliphatic hydroxyl groups excluding tert-OH is 1. The van der Waals surface area contributed by atoms with Crippen molar-refractivity contribution in [3.8, 4) is 0 Å². The van der Waals surface area contributed by atoms with Crippen molar-refractivity contribution in [1.29, 1.82) is 0 Å². The van der Waals surface area contributed by atoms with E-state index in [1.54, 1.807) is 0 Å². The number of rotatable bonds is 15. The lowest BCUT2D eigenvalue weighted by Gasteiger charge is -2.01. The van der Waals surface area contributed by atoms with Crippen molar-refractivity contribution in [2.45, 2.75) is 103 Å². The smallest absolute Gasteiger partial charge is 0.303 e. The zero-order chi connectivity index (χ0) is 18.6. The molecule has 0 aliphatic rings. The van der Waals surface area contributed by atoms with Crippen molar-refractivity contribution in [3.63, 3.8) is 0 Å². The van der Waals surface area contributed by atoms with Crippen molar-refractivity contribution in [2.24, 2.45) is 0 Å². The molecule has 0 radical (unpaired) electrons. The lowest BCUT2D eigenvalue weighted by atomic mass is 10.1. The molecule has 6 nitrogen and oxygen atoms in total. The Hall–Kier alpha value is -1.14. The van der Waals surface area contributed by atoms with Crippen LogP contribution in [0.3, 0.4) is 0 Å². The molecular formula is C18H36O6. The van der Waals surface area contributed by atoms with Crippen LogP contribution in [-0.4, -0.2) is 38.7 Å². The Bertz CT molecular complexity index is 271. The van der Waals surface area contributed by atoms with E-state index in [0.29, 0.717) is 6.42 Å². The van der Waals surface area contributed by atoms with Crippen LogP contribution in [0.5, 0.6) is 0 Å². The van der Waals surface area contributed by atoms with Gasteiger partial charge in [0.2, 0.25) is 0 Å². The Balaban J connectivity index is 0. The molecule has 0 atom stereocenters. The normalized spacial score (nSPS) is 10.3. The number of aliphatic carboxylic acids is 2. The lowest BCUT2D eigenvalue weighted by molar-refractivity contribution is -0.138. The molecule has 0 saturated carbocycles. The molecule has 6 heteroatoms. The lowest BCUT2D eigenvalue weighted by Crippen LogP contribution is -2.02. The van der Waals surface area contributed by atoms with Crippen molar-refractivity contribution in [3.05, 3.63) is 0 Å². The van der Waals surface area contributed by atoms with Crippen LogP contribution in [0.25, 0.3) is 0 Å². The maximum absolute atomic E-state index is 10.1. The first-order valence-corrected chi connectivity index (χ1v) is 9.19. The zero-order valence-electron chi connectivity index (χ0n) is 15.1. The SMILES string of the molecule is CCCCCCCC(O)O.O=C(O)CCCCCCCCC(=O)O. The van der Waals surface area contributed by atoms with Crippen molar-refractivity contribution < 1.29 is 30.0 Å². The summed E-state index contributed by atoms with van der Waals surface area (Å²) in [5.74, 6) is -1.48. The molecule has 0 aliphatic heterocycles. The Morgan fingerprint density at radius 2 is 1.04 bits per heavy atom. The van der Waals surface area contributed by atoms with Gasteiger partial charge in [-0.15, -0.1) is 0 Å². The van der Waals surface area contributed by atoms with E-state index in [9.17, 15) is 9.59 Å². The monoisotopic (exact) mass is 348 g/mol. The number of aliphatic hydroxyl groups is 2. The van der Waals surface area contributed by atoms with Crippen LogP contribution < -0.4 is 0 Å². The molecule has 0 aromatic carbocycles. The second-order valence-corrected chi connectivity index (χ2v) is 6.09. The minimum absolute atomic E-state index is 0.245. The summed E-state index contributed by atoms with van der Waals surface area (Å²) < 4.78 is 0. The summed E-state index contributed by atoms with van der Waals surface area (Å²) in [4.78, 5) is 20.3. The van der Waals surface area contributed by atoms with Gasteiger partial charge in [-0.25, -0.2) is 0 Å². The number of carboxylic acid groups (broad SMARTS) is 2. The van der Waals surface area contributed by atoms with Crippen molar-refractivity contribution >= 4 is 11.9 Å². The fourth-order valence-electron chi connectivity index (χ4n) is 2.19. The molecule has 24 heavy (non-hydrogen) atoms. The van der Waals surface area contributed by atoms with E-state index >= 15 is 0 Å². The Morgan fingerprint density at radius 3 is 1.42 bits per heavy atom. The first-order chi connectivity index (χ1) is 11.4. The second kappa shape index (κ2) is 19.9. The molecule has 0 bridgehead atoms. The predicted octanol–water partition coefficient (Wildman–Crippen LogP) is 3.93. The molecule has 0 aromatic rings. The van der Waals surface area contributed by atoms with E-state index < -0.39 is 18.2 Å². The average Bonchev–Trinajstić information content (AvgIpc) is 2.49. The highest BCUT2D eigenvalue weighted by molar-refractivity contribution is 5.66. The first kappa shape index (κ1) is 25.1. The number of carbonyl (C=O) groups is 2. The summed E-state index contributed by atoms with van der Waals surface area (Å²) in [5, 5.41) is 33.6. The number of carboxylic acids is 2. The molecule has 0 heterocycles. The minimum Gasteiger partial charge on any atom is -0.481 e. The van der Waals surface area contributed by atoms with E-state index in [-0.39, 0.29) is 12.8 Å². The van der Waals surface area contributed by atoms with Gasteiger partial charge >= 0.3 is 11.9 Å². The van der Waals surface area contributed by atoms with Crippen LogP contribution in [0, 0.1) is 0 Å². The molecular weight excluding hydrogens is 312 g/mol. The van der Waals surface area contributed by atoms with Crippen LogP contribution in [0.1, 0.15) is 96.8 Å². The van der Waals surface area contributed by atoms with Crippen molar-refractivity contribution in [2.75, 3.05) is 0 Å². The van der Waals surface area contributed by atoms with Gasteiger partial charge in [-0.1, -0.05) is 58.3 Å². The zero-order valence-corrected chi connectivity index (χ0v) is 15.1. The van der Waals surface area contributed by atoms with Gasteiger partial charge in [0.15, 0.2) is 6.29 Å². The van der Waals surface area contributed by atoms with Gasteiger partial charge in [0.05, 0.1) is 0 Å². The van der Waals surface area contributed by atoms with E-state index in [1.807, 2.05) is 0 Å². The first-order valence-electron chi connectivity index (χ1n) is 9.19. The van der Waals surface area contributed by atoms with Gasteiger partial charge in [0.25, 0.3) is 0 Å². The van der Waals surface area contributed by atoms with E-state index in [0.717, 1.165) is 51.4 Å². The van der Waals surface area contributed by atoms with Gasteiger partial charge in [-0.3, -0.25) is 9.59 Å². The minimum atomic E-state index is -1.10. The van der Waals surface area contributed by atoms with Crippen LogP contribution >= 0.6 is 0 Å². The highest BCUT2D eigenvalue weighted by atomic mass is 16.5. The maximum Gasteiger partial charge on any atom is 0.303 e. The highest BCUT2D eigenvalue weighted by Gasteiger charge is 1.98. The fraction of sp³-hybridized carbons (Fsp3) is 0.889. The van der Waals surface area contributed by atoms with Gasteiger partial charge < -0.3 is 20.4 Å². The molecule has 4 N–H and O–H groups in total.